The van der Waals surface area contributed by atoms with E-state index in [1.54, 1.807) is 6.07 Å². The van der Waals surface area contributed by atoms with Crippen molar-refractivity contribution in [1.82, 2.24) is 9.97 Å². The third-order valence-corrected chi connectivity index (χ3v) is 5.70. The lowest BCUT2D eigenvalue weighted by Gasteiger charge is -2.13. The molecule has 1 saturated heterocycles. The van der Waals surface area contributed by atoms with Crippen LogP contribution in [-0.2, 0) is 4.74 Å². The number of allylic oxidation sites excluding steroid dienone is 5. The maximum absolute atomic E-state index is 6.24. The molecule has 0 spiro atoms. The number of ether oxygens (including phenoxy) is 2. The van der Waals surface area contributed by atoms with Crippen LogP contribution in [0.25, 0.3) is 5.57 Å². The quantitative estimate of drug-likeness (QED) is 0.689. The van der Waals surface area contributed by atoms with Crippen molar-refractivity contribution in [3.05, 3.63) is 58.2 Å². The van der Waals surface area contributed by atoms with Crippen molar-refractivity contribution in [2.45, 2.75) is 31.8 Å². The van der Waals surface area contributed by atoms with Crippen LogP contribution in [0.3, 0.4) is 0 Å². The lowest BCUT2D eigenvalue weighted by molar-refractivity contribution is 0.138. The SMILES string of the molecule is NC1=C/C=C(/c2csc(Nc3ccc(Cl)c(O[C@@H]4CCOC4)n3)n2)CCC/C=C\1. The third kappa shape index (κ3) is 5.38. The number of rotatable bonds is 5. The molecule has 1 aliphatic carbocycles. The molecule has 152 valence electrons. The highest BCUT2D eigenvalue weighted by Gasteiger charge is 2.19. The molecule has 0 unspecified atom stereocenters. The molecular weight excluding hydrogens is 408 g/mol. The smallest absolute Gasteiger partial charge is 0.234 e. The van der Waals surface area contributed by atoms with Gasteiger partial charge in [-0.05, 0) is 49.1 Å². The first-order valence-corrected chi connectivity index (χ1v) is 10.9. The Bertz CT molecular complexity index is 948. The molecule has 0 bridgehead atoms. The number of nitrogens with zero attached hydrogens (tertiary/aromatic N) is 2. The van der Waals surface area contributed by atoms with Crippen LogP contribution in [-0.4, -0.2) is 29.3 Å². The van der Waals surface area contributed by atoms with Gasteiger partial charge in [-0.2, -0.15) is 4.98 Å². The van der Waals surface area contributed by atoms with Gasteiger partial charge in [-0.25, -0.2) is 4.98 Å². The van der Waals surface area contributed by atoms with E-state index in [4.69, 9.17) is 31.8 Å². The molecule has 6 nitrogen and oxygen atoms in total. The summed E-state index contributed by atoms with van der Waals surface area (Å²) in [4.78, 5) is 9.23. The molecule has 3 heterocycles. The van der Waals surface area contributed by atoms with E-state index in [0.717, 1.165) is 42.2 Å². The minimum absolute atomic E-state index is 0.00738. The second-order valence-corrected chi connectivity index (χ2v) is 8.17. The number of thiazole rings is 1. The van der Waals surface area contributed by atoms with Crippen molar-refractivity contribution in [2.75, 3.05) is 18.5 Å². The van der Waals surface area contributed by atoms with E-state index in [0.29, 0.717) is 29.9 Å². The van der Waals surface area contributed by atoms with Crippen LogP contribution < -0.4 is 15.8 Å². The zero-order valence-corrected chi connectivity index (χ0v) is 17.5. The zero-order chi connectivity index (χ0) is 20.1. The lowest BCUT2D eigenvalue weighted by atomic mass is 10.1. The Morgan fingerprint density at radius 1 is 1.28 bits per heavy atom. The van der Waals surface area contributed by atoms with E-state index in [-0.39, 0.29) is 6.10 Å². The van der Waals surface area contributed by atoms with E-state index in [2.05, 4.69) is 22.5 Å². The van der Waals surface area contributed by atoms with Crippen LogP contribution >= 0.6 is 22.9 Å². The number of pyridine rings is 1. The fraction of sp³-hybridized carbons (Fsp3) is 0.333. The molecule has 2 aromatic heterocycles. The fourth-order valence-corrected chi connectivity index (χ4v) is 4.00. The molecule has 0 amide bonds. The Morgan fingerprint density at radius 3 is 3.07 bits per heavy atom. The molecule has 1 atom stereocenters. The lowest BCUT2D eigenvalue weighted by Crippen LogP contribution is -2.16. The highest BCUT2D eigenvalue weighted by molar-refractivity contribution is 7.13. The Balaban J connectivity index is 1.48. The standard InChI is InChI=1S/C21H23ClN4O2S/c22-17-8-9-19(25-20(17)28-16-10-11-27-12-16)26-21-24-18(13-29-21)14-4-2-1-3-5-15(23)7-6-14/h3,5-9,13,16H,1-2,4,10-12,23H2,(H,24,25,26)/b5-3-,14-6+,15-7+/t16-/m1/s1. The molecule has 2 aliphatic rings. The summed E-state index contributed by atoms with van der Waals surface area (Å²) in [6.45, 7) is 1.27. The molecule has 0 aromatic carbocycles. The predicted molar refractivity (Wildman–Crippen MR) is 118 cm³/mol. The highest BCUT2D eigenvalue weighted by atomic mass is 35.5. The van der Waals surface area contributed by atoms with Crippen molar-refractivity contribution in [3.63, 3.8) is 0 Å². The molecule has 29 heavy (non-hydrogen) atoms. The number of nitrogens with one attached hydrogen (secondary N) is 1. The van der Waals surface area contributed by atoms with Crippen molar-refractivity contribution in [2.24, 2.45) is 5.73 Å². The molecule has 0 saturated carbocycles. The van der Waals surface area contributed by atoms with Gasteiger partial charge in [0.1, 0.15) is 16.9 Å². The van der Waals surface area contributed by atoms with Gasteiger partial charge in [-0.1, -0.05) is 23.8 Å². The molecule has 4 rings (SSSR count). The number of aromatic nitrogens is 2. The highest BCUT2D eigenvalue weighted by Crippen LogP contribution is 2.30. The van der Waals surface area contributed by atoms with Gasteiger partial charge in [-0.3, -0.25) is 0 Å². The topological polar surface area (TPSA) is 82.3 Å². The summed E-state index contributed by atoms with van der Waals surface area (Å²) >= 11 is 7.77. The van der Waals surface area contributed by atoms with Crippen molar-refractivity contribution >= 4 is 39.5 Å². The van der Waals surface area contributed by atoms with Crippen LogP contribution in [0, 0.1) is 0 Å². The maximum Gasteiger partial charge on any atom is 0.234 e. The number of nitrogens with two attached hydrogens (primary N) is 1. The van der Waals surface area contributed by atoms with Gasteiger partial charge in [0.25, 0.3) is 0 Å². The molecule has 1 fully saturated rings. The summed E-state index contributed by atoms with van der Waals surface area (Å²) in [6.07, 6.45) is 11.9. The minimum atomic E-state index is -0.00738. The fourth-order valence-electron chi connectivity index (χ4n) is 3.11. The number of anilines is 2. The summed E-state index contributed by atoms with van der Waals surface area (Å²) in [5.41, 5.74) is 8.85. The Kier molecular flexibility index (Phi) is 6.49. The molecule has 1 aliphatic heterocycles. The van der Waals surface area contributed by atoms with E-state index >= 15 is 0 Å². The Morgan fingerprint density at radius 2 is 2.21 bits per heavy atom. The maximum atomic E-state index is 6.24. The van der Waals surface area contributed by atoms with Gasteiger partial charge >= 0.3 is 0 Å². The van der Waals surface area contributed by atoms with Gasteiger partial charge in [-0.15, -0.1) is 11.3 Å². The van der Waals surface area contributed by atoms with Crippen LogP contribution in [0.15, 0.2) is 47.5 Å². The Hall–Kier alpha value is -2.35. The summed E-state index contributed by atoms with van der Waals surface area (Å²) in [6, 6.07) is 3.59. The third-order valence-electron chi connectivity index (χ3n) is 4.65. The molecule has 8 heteroatoms. The molecule has 0 radical (unpaired) electrons. The van der Waals surface area contributed by atoms with E-state index < -0.39 is 0 Å². The monoisotopic (exact) mass is 430 g/mol. The normalized spacial score (nSPS) is 24.4. The first-order chi connectivity index (χ1) is 14.2. The van der Waals surface area contributed by atoms with Crippen molar-refractivity contribution in [1.29, 1.82) is 0 Å². The first-order valence-electron chi connectivity index (χ1n) is 9.64. The molecule has 2 aromatic rings. The minimum Gasteiger partial charge on any atom is -0.471 e. The van der Waals surface area contributed by atoms with Gasteiger partial charge in [0.2, 0.25) is 5.88 Å². The average molecular weight is 431 g/mol. The van der Waals surface area contributed by atoms with Gasteiger partial charge in [0.05, 0.1) is 18.9 Å². The zero-order valence-electron chi connectivity index (χ0n) is 15.9. The predicted octanol–water partition coefficient (Wildman–Crippen LogP) is 5.07. The van der Waals surface area contributed by atoms with Crippen LogP contribution in [0.1, 0.15) is 31.4 Å². The average Bonchev–Trinajstić information content (AvgIpc) is 3.39. The van der Waals surface area contributed by atoms with Crippen molar-refractivity contribution in [3.8, 4) is 5.88 Å². The van der Waals surface area contributed by atoms with E-state index in [9.17, 15) is 0 Å². The number of halogens is 1. The molecular formula is C21H23ClN4O2S. The van der Waals surface area contributed by atoms with Gasteiger partial charge in [0, 0.05) is 17.5 Å². The summed E-state index contributed by atoms with van der Waals surface area (Å²) in [5.74, 6) is 1.05. The second-order valence-electron chi connectivity index (χ2n) is 6.90. The first kappa shape index (κ1) is 19.9. The summed E-state index contributed by atoms with van der Waals surface area (Å²) in [5, 5.41) is 6.55. The van der Waals surface area contributed by atoms with Gasteiger partial charge < -0.3 is 20.5 Å². The van der Waals surface area contributed by atoms with Gasteiger partial charge in [0.15, 0.2) is 5.13 Å². The van der Waals surface area contributed by atoms with Crippen molar-refractivity contribution < 1.29 is 9.47 Å². The molecule has 3 N–H and O–H groups in total. The largest absolute Gasteiger partial charge is 0.471 e. The summed E-state index contributed by atoms with van der Waals surface area (Å²) < 4.78 is 11.2. The van der Waals surface area contributed by atoms with Crippen LogP contribution in [0.5, 0.6) is 5.88 Å². The van der Waals surface area contributed by atoms with Crippen LogP contribution in [0.4, 0.5) is 10.9 Å². The van der Waals surface area contributed by atoms with E-state index in [1.807, 2.05) is 23.6 Å². The summed E-state index contributed by atoms with van der Waals surface area (Å²) in [7, 11) is 0. The van der Waals surface area contributed by atoms with Crippen LogP contribution in [0.2, 0.25) is 5.02 Å². The number of hydrogen-bond acceptors (Lipinski definition) is 7. The van der Waals surface area contributed by atoms with E-state index in [1.165, 1.54) is 16.9 Å². The Labute approximate surface area is 179 Å². The second kappa shape index (κ2) is 9.43. The number of hydrogen-bond donors (Lipinski definition) is 2.